The van der Waals surface area contributed by atoms with Gasteiger partial charge in [-0.05, 0) is 25.8 Å². The number of aromatic nitrogens is 3. The molecule has 4 nitrogen and oxygen atoms in total. The van der Waals surface area contributed by atoms with Crippen molar-refractivity contribution in [3.8, 4) is 0 Å². The van der Waals surface area contributed by atoms with Crippen molar-refractivity contribution in [1.29, 1.82) is 0 Å². The highest BCUT2D eigenvalue weighted by atomic mass is 15.3. The first-order valence-electron chi connectivity index (χ1n) is 7.37. The monoisotopic (exact) mass is 270 g/mol. The molecular formula is C16H22N4. The Bertz CT molecular complexity index is 586. The molecule has 2 heterocycles. The zero-order valence-corrected chi connectivity index (χ0v) is 12.4. The van der Waals surface area contributed by atoms with Gasteiger partial charge in [-0.15, -0.1) is 10.2 Å². The normalized spacial score (nSPS) is 18.9. The fourth-order valence-electron chi connectivity index (χ4n) is 3.01. The van der Waals surface area contributed by atoms with Crippen LogP contribution in [0.4, 0.5) is 0 Å². The van der Waals surface area contributed by atoms with E-state index in [1.165, 1.54) is 5.56 Å². The van der Waals surface area contributed by atoms with Gasteiger partial charge in [-0.25, -0.2) is 0 Å². The van der Waals surface area contributed by atoms with Gasteiger partial charge in [0.1, 0.15) is 11.6 Å². The quantitative estimate of drug-likeness (QED) is 0.932. The van der Waals surface area contributed by atoms with Gasteiger partial charge in [0.2, 0.25) is 0 Å². The van der Waals surface area contributed by atoms with Crippen LogP contribution in [0.15, 0.2) is 30.3 Å². The van der Waals surface area contributed by atoms with Crippen LogP contribution in [0.1, 0.15) is 50.4 Å². The summed E-state index contributed by atoms with van der Waals surface area (Å²) in [5, 5.41) is 12.5. The van der Waals surface area contributed by atoms with Crippen LogP contribution in [-0.2, 0) is 12.0 Å². The van der Waals surface area contributed by atoms with Crippen molar-refractivity contribution < 1.29 is 0 Å². The Morgan fingerprint density at radius 1 is 1.25 bits per heavy atom. The van der Waals surface area contributed by atoms with E-state index < -0.39 is 0 Å². The molecule has 1 atom stereocenters. The molecule has 0 bridgehead atoms. The third-order valence-corrected chi connectivity index (χ3v) is 4.28. The van der Waals surface area contributed by atoms with Crippen molar-refractivity contribution in [1.82, 2.24) is 20.1 Å². The van der Waals surface area contributed by atoms with Crippen LogP contribution in [0.5, 0.6) is 0 Å². The van der Waals surface area contributed by atoms with Crippen molar-refractivity contribution in [2.24, 2.45) is 0 Å². The van der Waals surface area contributed by atoms with Gasteiger partial charge >= 0.3 is 0 Å². The molecule has 0 saturated heterocycles. The van der Waals surface area contributed by atoms with E-state index in [0.29, 0.717) is 6.04 Å². The first-order valence-corrected chi connectivity index (χ1v) is 7.37. The van der Waals surface area contributed by atoms with E-state index in [4.69, 9.17) is 0 Å². The molecule has 0 radical (unpaired) electrons. The fourth-order valence-corrected chi connectivity index (χ4v) is 3.01. The molecular weight excluding hydrogens is 248 g/mol. The number of fused-ring (bicyclic) bond motifs is 1. The Hall–Kier alpha value is -1.68. The predicted molar refractivity (Wildman–Crippen MR) is 79.6 cm³/mol. The first-order chi connectivity index (χ1) is 9.64. The van der Waals surface area contributed by atoms with E-state index in [-0.39, 0.29) is 5.41 Å². The van der Waals surface area contributed by atoms with Crippen LogP contribution in [-0.4, -0.2) is 21.3 Å². The second-order valence-corrected chi connectivity index (χ2v) is 5.94. The second kappa shape index (κ2) is 5.02. The zero-order valence-electron chi connectivity index (χ0n) is 12.4. The Morgan fingerprint density at radius 2 is 2.00 bits per heavy atom. The summed E-state index contributed by atoms with van der Waals surface area (Å²) >= 11 is 0. The number of hydrogen-bond donors (Lipinski definition) is 1. The van der Waals surface area contributed by atoms with Gasteiger partial charge in [0.05, 0.1) is 6.04 Å². The number of rotatable bonds is 3. The molecule has 106 valence electrons. The van der Waals surface area contributed by atoms with Gasteiger partial charge in [-0.3, -0.25) is 0 Å². The van der Waals surface area contributed by atoms with E-state index >= 15 is 0 Å². The van der Waals surface area contributed by atoms with Gasteiger partial charge < -0.3 is 9.88 Å². The van der Waals surface area contributed by atoms with Crippen LogP contribution < -0.4 is 5.32 Å². The fraction of sp³-hybridized carbons (Fsp3) is 0.500. The van der Waals surface area contributed by atoms with Gasteiger partial charge in [-0.2, -0.15) is 0 Å². The molecule has 1 aliphatic rings. The molecule has 2 aromatic rings. The maximum atomic E-state index is 4.52. The maximum Gasteiger partial charge on any atom is 0.150 e. The molecule has 1 aromatic carbocycles. The van der Waals surface area contributed by atoms with Crippen LogP contribution in [0.2, 0.25) is 0 Å². The predicted octanol–water partition coefficient (Wildman–Crippen LogP) is 2.66. The number of nitrogens with zero attached hydrogens (tertiary/aromatic N) is 3. The largest absolute Gasteiger partial charge is 0.312 e. The van der Waals surface area contributed by atoms with Crippen LogP contribution in [0.3, 0.4) is 0 Å². The lowest BCUT2D eigenvalue weighted by atomic mass is 9.83. The average molecular weight is 270 g/mol. The Labute approximate surface area is 120 Å². The Morgan fingerprint density at radius 3 is 2.70 bits per heavy atom. The molecule has 1 N–H and O–H groups in total. The molecule has 4 heteroatoms. The zero-order chi connectivity index (χ0) is 14.2. The van der Waals surface area contributed by atoms with Gasteiger partial charge in [0.15, 0.2) is 0 Å². The Balaban J connectivity index is 2.05. The Kier molecular flexibility index (Phi) is 3.34. The minimum atomic E-state index is -0.123. The second-order valence-electron chi connectivity index (χ2n) is 5.94. The summed E-state index contributed by atoms with van der Waals surface area (Å²) in [5.74, 6) is 2.15. The highest BCUT2D eigenvalue weighted by Crippen LogP contribution is 2.32. The molecule has 3 rings (SSSR count). The van der Waals surface area contributed by atoms with Gasteiger partial charge in [-0.1, -0.05) is 37.3 Å². The number of hydrogen-bond acceptors (Lipinski definition) is 3. The van der Waals surface area contributed by atoms with Crippen LogP contribution >= 0.6 is 0 Å². The molecule has 0 fully saturated rings. The van der Waals surface area contributed by atoms with Crippen LogP contribution in [0.25, 0.3) is 0 Å². The molecule has 0 amide bonds. The van der Waals surface area contributed by atoms with E-state index in [1.807, 2.05) is 0 Å². The minimum absolute atomic E-state index is 0.123. The summed E-state index contributed by atoms with van der Waals surface area (Å²) in [7, 11) is 0. The van der Waals surface area contributed by atoms with Crippen molar-refractivity contribution in [2.75, 3.05) is 6.54 Å². The van der Waals surface area contributed by atoms with E-state index in [0.717, 1.165) is 31.2 Å². The lowest BCUT2D eigenvalue weighted by Gasteiger charge is -2.29. The standard InChI is InChI=1S/C16H22N4/c1-4-13-14-18-19-15(20(14)11-10-17-13)16(2,3)12-8-6-5-7-9-12/h5-9,13,17H,4,10-11H2,1-3H3. The summed E-state index contributed by atoms with van der Waals surface area (Å²) < 4.78 is 2.30. The molecule has 1 aromatic heterocycles. The third kappa shape index (κ3) is 2.04. The average Bonchev–Trinajstić information content (AvgIpc) is 2.92. The van der Waals surface area contributed by atoms with Gasteiger partial charge in [0, 0.05) is 18.5 Å². The summed E-state index contributed by atoms with van der Waals surface area (Å²) in [4.78, 5) is 0. The molecule has 0 spiro atoms. The molecule has 1 aliphatic heterocycles. The van der Waals surface area contributed by atoms with Gasteiger partial charge in [0.25, 0.3) is 0 Å². The number of nitrogens with one attached hydrogen (secondary N) is 1. The lowest BCUT2D eigenvalue weighted by molar-refractivity contribution is 0.389. The topological polar surface area (TPSA) is 42.7 Å². The highest BCUT2D eigenvalue weighted by molar-refractivity contribution is 5.31. The highest BCUT2D eigenvalue weighted by Gasteiger charge is 2.33. The summed E-state index contributed by atoms with van der Waals surface area (Å²) in [5.41, 5.74) is 1.16. The molecule has 0 saturated carbocycles. The summed E-state index contributed by atoms with van der Waals surface area (Å²) in [6.45, 7) is 8.57. The van der Waals surface area contributed by atoms with Crippen molar-refractivity contribution in [3.63, 3.8) is 0 Å². The lowest BCUT2D eigenvalue weighted by Crippen LogP contribution is -2.36. The van der Waals surface area contributed by atoms with Crippen LogP contribution in [0, 0.1) is 0 Å². The smallest absolute Gasteiger partial charge is 0.150 e. The van der Waals surface area contributed by atoms with E-state index in [2.05, 4.69) is 71.2 Å². The van der Waals surface area contributed by atoms with E-state index in [1.54, 1.807) is 0 Å². The molecule has 0 aliphatic carbocycles. The first kappa shape index (κ1) is 13.3. The van der Waals surface area contributed by atoms with Crippen molar-refractivity contribution in [3.05, 3.63) is 47.5 Å². The molecule has 1 unspecified atom stereocenters. The summed E-state index contributed by atoms with van der Waals surface area (Å²) in [6, 6.07) is 10.9. The van der Waals surface area contributed by atoms with Crippen molar-refractivity contribution >= 4 is 0 Å². The van der Waals surface area contributed by atoms with E-state index in [9.17, 15) is 0 Å². The third-order valence-electron chi connectivity index (χ3n) is 4.28. The maximum absolute atomic E-state index is 4.52. The molecule has 20 heavy (non-hydrogen) atoms. The van der Waals surface area contributed by atoms with Crippen molar-refractivity contribution in [2.45, 2.75) is 45.2 Å². The minimum Gasteiger partial charge on any atom is -0.312 e. The summed E-state index contributed by atoms with van der Waals surface area (Å²) in [6.07, 6.45) is 1.05. The number of benzene rings is 1. The SMILES string of the molecule is CCC1NCCn2c1nnc2C(C)(C)c1ccccc1.